The highest BCUT2D eigenvalue weighted by Crippen LogP contribution is 2.22. The zero-order valence-electron chi connectivity index (χ0n) is 11.9. The normalized spacial score (nSPS) is 21.2. The summed E-state index contributed by atoms with van der Waals surface area (Å²) in [5.41, 5.74) is 5.71. The molecule has 104 valence electrons. The maximum absolute atomic E-state index is 12.0. The summed E-state index contributed by atoms with van der Waals surface area (Å²) in [6.45, 7) is 8.38. The maximum Gasteiger partial charge on any atom is 0.246 e. The van der Waals surface area contributed by atoms with Crippen LogP contribution in [0.5, 0.6) is 0 Å². The van der Waals surface area contributed by atoms with E-state index in [9.17, 15) is 9.59 Å². The molecule has 1 aliphatic heterocycles. The number of nitrogens with zero attached hydrogens (tertiary/aromatic N) is 2. The highest BCUT2D eigenvalue weighted by atomic mass is 16.2. The smallest absolute Gasteiger partial charge is 0.246 e. The number of likely N-dealkylation sites (N-methyl/N-ethyl adjacent to an activating group) is 1. The van der Waals surface area contributed by atoms with Gasteiger partial charge < -0.3 is 5.73 Å². The molecule has 0 aliphatic carbocycles. The molecule has 0 saturated carbocycles. The Morgan fingerprint density at radius 2 is 2.06 bits per heavy atom. The van der Waals surface area contributed by atoms with Crippen LogP contribution in [0.25, 0.3) is 0 Å². The first-order valence-corrected chi connectivity index (χ1v) is 6.57. The summed E-state index contributed by atoms with van der Waals surface area (Å²) >= 11 is 0. The third kappa shape index (κ3) is 3.29. The zero-order valence-corrected chi connectivity index (χ0v) is 11.9. The molecule has 1 atom stereocenters. The van der Waals surface area contributed by atoms with Crippen molar-refractivity contribution in [3.63, 3.8) is 0 Å². The van der Waals surface area contributed by atoms with Crippen LogP contribution >= 0.6 is 0 Å². The van der Waals surface area contributed by atoms with E-state index in [4.69, 9.17) is 5.73 Å². The van der Waals surface area contributed by atoms with Gasteiger partial charge in [-0.1, -0.05) is 20.8 Å². The number of hydrogen-bond acceptors (Lipinski definition) is 4. The van der Waals surface area contributed by atoms with E-state index >= 15 is 0 Å². The molecule has 0 spiro atoms. The Bertz CT molecular complexity index is 328. The second-order valence-corrected chi connectivity index (χ2v) is 5.85. The molecule has 2 amide bonds. The Labute approximate surface area is 109 Å². The van der Waals surface area contributed by atoms with Crippen LogP contribution in [0.2, 0.25) is 0 Å². The van der Waals surface area contributed by atoms with Crippen molar-refractivity contribution in [1.29, 1.82) is 0 Å². The fourth-order valence-corrected chi connectivity index (χ4v) is 2.27. The van der Waals surface area contributed by atoms with Crippen molar-refractivity contribution in [3.05, 3.63) is 0 Å². The van der Waals surface area contributed by atoms with Gasteiger partial charge in [-0.15, -0.1) is 0 Å². The number of nitrogens with two attached hydrogens (primary N) is 1. The average molecular weight is 255 g/mol. The van der Waals surface area contributed by atoms with Crippen molar-refractivity contribution >= 4 is 11.8 Å². The predicted molar refractivity (Wildman–Crippen MR) is 70.9 cm³/mol. The van der Waals surface area contributed by atoms with Crippen LogP contribution in [0.15, 0.2) is 0 Å². The molecule has 1 aliphatic rings. The molecule has 18 heavy (non-hydrogen) atoms. The molecule has 0 aromatic carbocycles. The monoisotopic (exact) mass is 255 g/mol. The minimum absolute atomic E-state index is 0.0420. The SMILES string of the molecule is CCCN(CC(C)(C)CN)C1CC(=O)N(C)C1=O. The van der Waals surface area contributed by atoms with Gasteiger partial charge in [0.15, 0.2) is 0 Å². The molecule has 1 saturated heterocycles. The van der Waals surface area contributed by atoms with Crippen LogP contribution in [0.4, 0.5) is 0 Å². The molecule has 0 radical (unpaired) electrons. The highest BCUT2D eigenvalue weighted by Gasteiger charge is 2.40. The van der Waals surface area contributed by atoms with Crippen LogP contribution < -0.4 is 5.73 Å². The van der Waals surface area contributed by atoms with Gasteiger partial charge >= 0.3 is 0 Å². The Morgan fingerprint density at radius 3 is 2.44 bits per heavy atom. The maximum atomic E-state index is 12.0. The van der Waals surface area contributed by atoms with Crippen LogP contribution in [0.1, 0.15) is 33.6 Å². The largest absolute Gasteiger partial charge is 0.330 e. The van der Waals surface area contributed by atoms with Crippen molar-refractivity contribution in [2.75, 3.05) is 26.7 Å². The first-order chi connectivity index (χ1) is 8.32. The van der Waals surface area contributed by atoms with Crippen LogP contribution in [-0.4, -0.2) is 54.3 Å². The molecule has 0 aromatic rings. The summed E-state index contributed by atoms with van der Waals surface area (Å²) < 4.78 is 0. The highest BCUT2D eigenvalue weighted by molar-refractivity contribution is 6.05. The van der Waals surface area contributed by atoms with Gasteiger partial charge in [0.2, 0.25) is 11.8 Å². The molecule has 0 aromatic heterocycles. The van der Waals surface area contributed by atoms with Gasteiger partial charge in [-0.25, -0.2) is 0 Å². The lowest BCUT2D eigenvalue weighted by molar-refractivity contribution is -0.138. The molecule has 5 nitrogen and oxygen atoms in total. The first-order valence-electron chi connectivity index (χ1n) is 6.57. The predicted octanol–water partition coefficient (Wildman–Crippen LogP) is 0.441. The number of amides is 2. The third-order valence-electron chi connectivity index (χ3n) is 3.49. The number of carbonyl (C=O) groups excluding carboxylic acids is 2. The van der Waals surface area contributed by atoms with Crippen LogP contribution in [-0.2, 0) is 9.59 Å². The fourth-order valence-electron chi connectivity index (χ4n) is 2.27. The van der Waals surface area contributed by atoms with Crippen molar-refractivity contribution < 1.29 is 9.59 Å². The van der Waals surface area contributed by atoms with Gasteiger partial charge in [-0.05, 0) is 24.9 Å². The van der Waals surface area contributed by atoms with Gasteiger partial charge in [-0.2, -0.15) is 0 Å². The van der Waals surface area contributed by atoms with E-state index in [2.05, 4.69) is 25.7 Å². The van der Waals surface area contributed by atoms with Crippen molar-refractivity contribution in [1.82, 2.24) is 9.80 Å². The molecule has 1 rings (SSSR count). The molecule has 0 bridgehead atoms. The summed E-state index contributed by atoms with van der Waals surface area (Å²) in [5, 5.41) is 0. The lowest BCUT2D eigenvalue weighted by Crippen LogP contribution is -2.47. The van der Waals surface area contributed by atoms with E-state index in [1.165, 1.54) is 4.90 Å². The van der Waals surface area contributed by atoms with Crippen molar-refractivity contribution in [2.24, 2.45) is 11.1 Å². The van der Waals surface area contributed by atoms with E-state index in [1.54, 1.807) is 7.05 Å². The first kappa shape index (κ1) is 15.1. The van der Waals surface area contributed by atoms with Gasteiger partial charge in [0.25, 0.3) is 0 Å². The van der Waals surface area contributed by atoms with Gasteiger partial charge in [-0.3, -0.25) is 19.4 Å². The molecule has 1 fully saturated rings. The summed E-state index contributed by atoms with van der Waals surface area (Å²) in [6, 6.07) is -0.298. The number of hydrogen-bond donors (Lipinski definition) is 1. The fraction of sp³-hybridized carbons (Fsp3) is 0.846. The Morgan fingerprint density at radius 1 is 1.44 bits per heavy atom. The van der Waals surface area contributed by atoms with E-state index in [0.29, 0.717) is 13.0 Å². The van der Waals surface area contributed by atoms with Crippen molar-refractivity contribution in [3.8, 4) is 0 Å². The summed E-state index contributed by atoms with van der Waals surface area (Å²) in [7, 11) is 1.56. The second kappa shape index (κ2) is 5.80. The Balaban J connectivity index is 2.80. The quantitative estimate of drug-likeness (QED) is 0.699. The molecule has 1 heterocycles. The minimum Gasteiger partial charge on any atom is -0.330 e. The Kier molecular flexibility index (Phi) is 4.87. The molecule has 2 N–H and O–H groups in total. The molecular formula is C13H25N3O2. The van der Waals surface area contributed by atoms with Gasteiger partial charge in [0, 0.05) is 13.6 Å². The van der Waals surface area contributed by atoms with E-state index in [1.807, 2.05) is 0 Å². The topological polar surface area (TPSA) is 66.6 Å². The van der Waals surface area contributed by atoms with Crippen LogP contribution in [0.3, 0.4) is 0 Å². The zero-order chi connectivity index (χ0) is 13.9. The third-order valence-corrected chi connectivity index (χ3v) is 3.49. The number of likely N-dealkylation sites (tertiary alicyclic amines) is 1. The Hall–Kier alpha value is -0.940. The summed E-state index contributed by atoms with van der Waals surface area (Å²) in [4.78, 5) is 27.0. The molecular weight excluding hydrogens is 230 g/mol. The van der Waals surface area contributed by atoms with Crippen molar-refractivity contribution in [2.45, 2.75) is 39.7 Å². The second-order valence-electron chi connectivity index (χ2n) is 5.85. The van der Waals surface area contributed by atoms with Gasteiger partial charge in [0.05, 0.1) is 12.5 Å². The van der Waals surface area contributed by atoms with E-state index < -0.39 is 0 Å². The average Bonchev–Trinajstić information content (AvgIpc) is 2.56. The number of imide groups is 1. The lowest BCUT2D eigenvalue weighted by atomic mass is 9.92. The van der Waals surface area contributed by atoms with E-state index in [0.717, 1.165) is 19.5 Å². The lowest BCUT2D eigenvalue weighted by Gasteiger charge is -2.34. The summed E-state index contributed by atoms with van der Waals surface area (Å²) in [5.74, 6) is -0.169. The molecule has 1 unspecified atom stereocenters. The van der Waals surface area contributed by atoms with Gasteiger partial charge in [0.1, 0.15) is 0 Å². The molecule has 5 heteroatoms. The minimum atomic E-state index is -0.298. The van der Waals surface area contributed by atoms with E-state index in [-0.39, 0.29) is 23.3 Å². The van der Waals surface area contributed by atoms with Crippen LogP contribution in [0, 0.1) is 5.41 Å². The summed E-state index contributed by atoms with van der Waals surface area (Å²) in [6.07, 6.45) is 1.26. The number of rotatable bonds is 6. The standard InChI is InChI=1S/C13H25N3O2/c1-5-6-16(9-13(2,3)8-14)10-7-11(17)15(4)12(10)18/h10H,5-9,14H2,1-4H3. The number of carbonyl (C=O) groups is 2.